The number of nitrogens with one attached hydrogen (secondary N) is 1. The van der Waals surface area contributed by atoms with E-state index >= 15 is 0 Å². The zero-order valence-corrected chi connectivity index (χ0v) is 9.08. The van der Waals surface area contributed by atoms with Crippen molar-refractivity contribution in [3.63, 3.8) is 0 Å². The van der Waals surface area contributed by atoms with Gasteiger partial charge in [0.15, 0.2) is 0 Å². The Morgan fingerprint density at radius 1 is 1.33 bits per heavy atom. The van der Waals surface area contributed by atoms with E-state index in [1.165, 1.54) is 5.39 Å². The molecule has 2 aromatic rings. The highest BCUT2D eigenvalue weighted by Crippen LogP contribution is 2.26. The van der Waals surface area contributed by atoms with E-state index in [9.17, 15) is 0 Å². The lowest BCUT2D eigenvalue weighted by Crippen LogP contribution is -2.26. The summed E-state index contributed by atoms with van der Waals surface area (Å²) in [5, 5.41) is 1.22. The van der Waals surface area contributed by atoms with Crippen molar-refractivity contribution in [2.45, 2.75) is 19.3 Å². The van der Waals surface area contributed by atoms with Gasteiger partial charge in [0, 0.05) is 16.6 Å². The van der Waals surface area contributed by atoms with Crippen molar-refractivity contribution in [1.82, 2.24) is 4.98 Å². The van der Waals surface area contributed by atoms with Gasteiger partial charge < -0.3 is 9.82 Å². The summed E-state index contributed by atoms with van der Waals surface area (Å²) >= 11 is 0. The first-order valence-electron chi connectivity index (χ1n) is 5.03. The number of benzene rings is 1. The van der Waals surface area contributed by atoms with Crippen LogP contribution in [0.4, 0.5) is 0 Å². The monoisotopic (exact) mass is 204 g/mol. The fourth-order valence-electron chi connectivity index (χ4n) is 1.72. The number of hydrogen-bond donors (Lipinski definition) is 2. The van der Waals surface area contributed by atoms with E-state index in [2.05, 4.69) is 37.0 Å². The second-order valence-corrected chi connectivity index (χ2v) is 4.47. The quantitative estimate of drug-likeness (QED) is 0.754. The number of rotatable bonds is 3. The average Bonchev–Trinajstić information content (AvgIpc) is 2.61. The van der Waals surface area contributed by atoms with E-state index in [0.717, 1.165) is 11.2 Å². The number of aromatic nitrogens is 1. The lowest BCUT2D eigenvalue weighted by atomic mass is 9.90. The highest BCUT2D eigenvalue weighted by Gasteiger charge is 2.22. The molecule has 0 bridgehead atoms. The summed E-state index contributed by atoms with van der Waals surface area (Å²) in [4.78, 5) is 8.12. The summed E-state index contributed by atoms with van der Waals surface area (Å²) in [5.41, 5.74) is 2.21. The molecule has 0 amide bonds. The van der Waals surface area contributed by atoms with Gasteiger partial charge in [-0.3, -0.25) is 0 Å². The van der Waals surface area contributed by atoms with Crippen LogP contribution in [0.5, 0.6) is 0 Å². The number of hydrogen-bond acceptors (Lipinski definition) is 2. The van der Waals surface area contributed by atoms with Crippen molar-refractivity contribution >= 4 is 10.9 Å². The summed E-state index contributed by atoms with van der Waals surface area (Å²) in [6, 6.07) is 10.4. The van der Waals surface area contributed by atoms with E-state index in [-0.39, 0.29) is 5.41 Å². The Labute approximate surface area is 89.2 Å². The van der Waals surface area contributed by atoms with Crippen LogP contribution in [0, 0.1) is 0 Å². The second-order valence-electron chi connectivity index (χ2n) is 4.47. The van der Waals surface area contributed by atoms with Crippen LogP contribution in [0.25, 0.3) is 10.9 Å². The number of H-pyrrole nitrogens is 1. The van der Waals surface area contributed by atoms with Gasteiger partial charge in [-0.15, -0.1) is 0 Å². The maximum absolute atomic E-state index is 5.13. The zero-order valence-electron chi connectivity index (χ0n) is 9.08. The minimum atomic E-state index is -0.0895. The molecule has 3 N–H and O–H groups in total. The van der Waals surface area contributed by atoms with E-state index in [4.69, 9.17) is 10.7 Å². The first-order chi connectivity index (χ1) is 7.13. The van der Waals surface area contributed by atoms with E-state index < -0.39 is 0 Å². The van der Waals surface area contributed by atoms with Crippen LogP contribution in [-0.4, -0.2) is 11.6 Å². The van der Waals surface area contributed by atoms with E-state index in [0.29, 0.717) is 6.61 Å². The molecule has 2 rings (SSSR count). The molecule has 0 saturated heterocycles. The number of fused-ring (bicyclic) bond motifs is 1. The minimum absolute atomic E-state index is 0.0895. The van der Waals surface area contributed by atoms with Gasteiger partial charge in [-0.1, -0.05) is 32.0 Å². The van der Waals surface area contributed by atoms with Crippen LogP contribution in [0.2, 0.25) is 0 Å². The predicted octanol–water partition coefficient (Wildman–Crippen LogP) is 2.34. The Balaban J connectivity index is 2.44. The molecule has 3 heteroatoms. The Hall–Kier alpha value is -1.32. The van der Waals surface area contributed by atoms with Crippen molar-refractivity contribution in [2.24, 2.45) is 5.90 Å². The second kappa shape index (κ2) is 3.68. The van der Waals surface area contributed by atoms with Crippen LogP contribution >= 0.6 is 0 Å². The topological polar surface area (TPSA) is 51.0 Å². The SMILES string of the molecule is CC(C)(CON)c1cc2ccccc2[nH]1. The summed E-state index contributed by atoms with van der Waals surface area (Å²) in [6.45, 7) is 4.70. The maximum atomic E-state index is 5.13. The summed E-state index contributed by atoms with van der Waals surface area (Å²) < 4.78 is 0. The summed E-state index contributed by atoms with van der Waals surface area (Å²) in [5.74, 6) is 5.13. The summed E-state index contributed by atoms with van der Waals surface area (Å²) in [7, 11) is 0. The highest BCUT2D eigenvalue weighted by atomic mass is 16.6. The normalized spacial score (nSPS) is 12.2. The maximum Gasteiger partial charge on any atom is 0.0784 e. The largest absolute Gasteiger partial charge is 0.358 e. The molecular formula is C12H16N2O. The third kappa shape index (κ3) is 1.89. The molecule has 0 fully saturated rings. The number of para-hydroxylation sites is 1. The van der Waals surface area contributed by atoms with Crippen molar-refractivity contribution in [1.29, 1.82) is 0 Å². The Morgan fingerprint density at radius 3 is 2.73 bits per heavy atom. The van der Waals surface area contributed by atoms with Crippen LogP contribution < -0.4 is 5.90 Å². The van der Waals surface area contributed by atoms with Crippen LogP contribution in [-0.2, 0) is 10.3 Å². The highest BCUT2D eigenvalue weighted by molar-refractivity contribution is 5.80. The van der Waals surface area contributed by atoms with Crippen LogP contribution in [0.15, 0.2) is 30.3 Å². The minimum Gasteiger partial charge on any atom is -0.358 e. The lowest BCUT2D eigenvalue weighted by molar-refractivity contribution is 0.0952. The van der Waals surface area contributed by atoms with Gasteiger partial charge >= 0.3 is 0 Å². The third-order valence-electron chi connectivity index (χ3n) is 2.70. The van der Waals surface area contributed by atoms with Crippen LogP contribution in [0.1, 0.15) is 19.5 Å². The van der Waals surface area contributed by atoms with Gasteiger partial charge in [-0.25, -0.2) is 5.90 Å². The lowest BCUT2D eigenvalue weighted by Gasteiger charge is -2.21. The van der Waals surface area contributed by atoms with Gasteiger partial charge in [0.25, 0.3) is 0 Å². The molecule has 3 nitrogen and oxygen atoms in total. The molecule has 1 aromatic heterocycles. The molecule has 15 heavy (non-hydrogen) atoms. The first kappa shape index (κ1) is 10.2. The smallest absolute Gasteiger partial charge is 0.0784 e. The molecule has 1 heterocycles. The summed E-state index contributed by atoms with van der Waals surface area (Å²) in [6.07, 6.45) is 0. The molecule has 0 aliphatic heterocycles. The van der Waals surface area contributed by atoms with Crippen molar-refractivity contribution in [2.75, 3.05) is 6.61 Å². The standard InChI is InChI=1S/C12H16N2O/c1-12(2,8-15-13)11-7-9-5-3-4-6-10(9)14-11/h3-7,14H,8,13H2,1-2H3. The third-order valence-corrected chi connectivity index (χ3v) is 2.70. The fourth-order valence-corrected chi connectivity index (χ4v) is 1.72. The molecule has 1 aromatic carbocycles. The molecule has 0 aliphatic carbocycles. The van der Waals surface area contributed by atoms with Crippen LogP contribution in [0.3, 0.4) is 0 Å². The van der Waals surface area contributed by atoms with Gasteiger partial charge in [0.1, 0.15) is 0 Å². The Bertz CT molecular complexity index is 426. The van der Waals surface area contributed by atoms with E-state index in [1.54, 1.807) is 0 Å². The van der Waals surface area contributed by atoms with Gasteiger partial charge in [0.05, 0.1) is 6.61 Å². The predicted molar refractivity (Wildman–Crippen MR) is 61.5 cm³/mol. The van der Waals surface area contributed by atoms with Crippen molar-refractivity contribution < 1.29 is 4.84 Å². The molecule has 80 valence electrons. The van der Waals surface area contributed by atoms with Gasteiger partial charge in [-0.05, 0) is 17.5 Å². The molecule has 0 saturated carbocycles. The molecule has 0 unspecified atom stereocenters. The molecule has 0 spiro atoms. The van der Waals surface area contributed by atoms with Gasteiger partial charge in [0.2, 0.25) is 0 Å². The van der Waals surface area contributed by atoms with Crippen molar-refractivity contribution in [3.05, 3.63) is 36.0 Å². The van der Waals surface area contributed by atoms with E-state index in [1.807, 2.05) is 12.1 Å². The first-order valence-corrected chi connectivity index (χ1v) is 5.03. The fraction of sp³-hybridized carbons (Fsp3) is 0.333. The van der Waals surface area contributed by atoms with Gasteiger partial charge in [-0.2, -0.15) is 0 Å². The number of aromatic amines is 1. The molecule has 0 radical (unpaired) electrons. The molecule has 0 atom stereocenters. The molecular weight excluding hydrogens is 188 g/mol. The Kier molecular flexibility index (Phi) is 2.50. The number of nitrogens with two attached hydrogens (primary N) is 1. The Morgan fingerprint density at radius 2 is 2.07 bits per heavy atom. The van der Waals surface area contributed by atoms with Crippen molar-refractivity contribution in [3.8, 4) is 0 Å². The average molecular weight is 204 g/mol. The molecule has 0 aliphatic rings. The zero-order chi connectivity index (χ0) is 10.9.